The maximum atomic E-state index is 12.4. The number of likely N-dealkylation sites (tertiary alicyclic amines) is 1. The molecule has 0 aliphatic carbocycles. The van der Waals surface area contributed by atoms with Gasteiger partial charge in [0, 0.05) is 18.3 Å². The van der Waals surface area contributed by atoms with Gasteiger partial charge in [-0.2, -0.15) is 0 Å². The summed E-state index contributed by atoms with van der Waals surface area (Å²) >= 11 is 0. The Morgan fingerprint density at radius 2 is 2.16 bits per heavy atom. The van der Waals surface area contributed by atoms with E-state index in [0.29, 0.717) is 13.1 Å². The first-order chi connectivity index (χ1) is 9.26. The van der Waals surface area contributed by atoms with Crippen molar-refractivity contribution in [1.82, 2.24) is 4.90 Å². The van der Waals surface area contributed by atoms with E-state index in [-0.39, 0.29) is 18.6 Å². The molecular weight excluding hydrogens is 240 g/mol. The molecule has 0 bridgehead atoms. The predicted molar refractivity (Wildman–Crippen MR) is 76.1 cm³/mol. The number of amides is 1. The Balaban J connectivity index is 2.01. The summed E-state index contributed by atoms with van der Waals surface area (Å²) in [6, 6.07) is 9.89. The summed E-state index contributed by atoms with van der Waals surface area (Å²) in [7, 11) is 0. The van der Waals surface area contributed by atoms with Crippen molar-refractivity contribution in [2.75, 3.05) is 31.1 Å². The number of para-hydroxylation sites is 1. The van der Waals surface area contributed by atoms with Crippen LogP contribution in [-0.2, 0) is 4.79 Å². The van der Waals surface area contributed by atoms with Crippen LogP contribution in [-0.4, -0.2) is 48.2 Å². The Bertz CT molecular complexity index is 408. The highest BCUT2D eigenvalue weighted by Crippen LogP contribution is 2.18. The molecule has 1 saturated heterocycles. The second-order valence-electron chi connectivity index (χ2n) is 4.92. The van der Waals surface area contributed by atoms with Gasteiger partial charge >= 0.3 is 0 Å². The standard InChI is InChI=1S/C15H22N2O2/c1-2-17(13-7-4-3-5-8-13)15(19)11-16-10-6-9-14(16)12-18/h3-5,7-8,14,18H,2,6,9-12H2,1H3. The van der Waals surface area contributed by atoms with Gasteiger partial charge in [0.2, 0.25) is 5.91 Å². The lowest BCUT2D eigenvalue weighted by atomic mass is 10.2. The number of carbonyl (C=O) groups excluding carboxylic acids is 1. The van der Waals surface area contributed by atoms with Crippen LogP contribution in [0.5, 0.6) is 0 Å². The molecule has 104 valence electrons. The monoisotopic (exact) mass is 262 g/mol. The molecule has 1 fully saturated rings. The van der Waals surface area contributed by atoms with Gasteiger partial charge in [0.15, 0.2) is 0 Å². The van der Waals surface area contributed by atoms with Crippen molar-refractivity contribution in [1.29, 1.82) is 0 Å². The largest absolute Gasteiger partial charge is 0.395 e. The number of aliphatic hydroxyl groups is 1. The van der Waals surface area contributed by atoms with E-state index in [1.165, 1.54) is 0 Å². The molecule has 1 aromatic carbocycles. The van der Waals surface area contributed by atoms with Crippen molar-refractivity contribution >= 4 is 11.6 Å². The second kappa shape index (κ2) is 6.68. The second-order valence-corrected chi connectivity index (χ2v) is 4.92. The molecule has 1 amide bonds. The van der Waals surface area contributed by atoms with Crippen LogP contribution in [0.3, 0.4) is 0 Å². The van der Waals surface area contributed by atoms with Gasteiger partial charge < -0.3 is 10.0 Å². The number of likely N-dealkylation sites (N-methyl/N-ethyl adjacent to an activating group) is 1. The normalized spacial score (nSPS) is 19.6. The molecule has 1 heterocycles. The molecule has 1 aromatic rings. The van der Waals surface area contributed by atoms with Gasteiger partial charge in [-0.3, -0.25) is 9.69 Å². The Morgan fingerprint density at radius 3 is 2.79 bits per heavy atom. The highest BCUT2D eigenvalue weighted by Gasteiger charge is 2.27. The molecule has 1 aliphatic heterocycles. The van der Waals surface area contributed by atoms with E-state index in [2.05, 4.69) is 4.90 Å². The number of nitrogens with zero attached hydrogens (tertiary/aromatic N) is 2. The molecule has 1 atom stereocenters. The highest BCUT2D eigenvalue weighted by molar-refractivity contribution is 5.94. The first kappa shape index (κ1) is 14.0. The minimum atomic E-state index is 0.106. The van der Waals surface area contributed by atoms with Crippen LogP contribution in [0.4, 0.5) is 5.69 Å². The summed E-state index contributed by atoms with van der Waals surface area (Å²) in [6.45, 7) is 4.10. The van der Waals surface area contributed by atoms with Crippen LogP contribution in [0.2, 0.25) is 0 Å². The van der Waals surface area contributed by atoms with Crippen molar-refractivity contribution in [2.24, 2.45) is 0 Å². The van der Waals surface area contributed by atoms with Crippen LogP contribution in [0, 0.1) is 0 Å². The highest BCUT2D eigenvalue weighted by atomic mass is 16.3. The summed E-state index contributed by atoms with van der Waals surface area (Å²) in [5.41, 5.74) is 0.940. The lowest BCUT2D eigenvalue weighted by Crippen LogP contribution is -2.43. The minimum absolute atomic E-state index is 0.106. The number of aliphatic hydroxyl groups excluding tert-OH is 1. The number of rotatable bonds is 5. The molecule has 4 nitrogen and oxygen atoms in total. The summed E-state index contributed by atoms with van der Waals surface area (Å²) in [5, 5.41) is 9.30. The average Bonchev–Trinajstić information content (AvgIpc) is 2.88. The average molecular weight is 262 g/mol. The number of anilines is 1. The molecule has 2 rings (SSSR count). The smallest absolute Gasteiger partial charge is 0.241 e. The van der Waals surface area contributed by atoms with Crippen LogP contribution in [0.25, 0.3) is 0 Å². The third kappa shape index (κ3) is 3.33. The molecule has 0 radical (unpaired) electrons. The zero-order chi connectivity index (χ0) is 13.7. The summed E-state index contributed by atoms with van der Waals surface area (Å²) in [6.07, 6.45) is 2.05. The number of carbonyl (C=O) groups is 1. The maximum absolute atomic E-state index is 12.4. The van der Waals surface area contributed by atoms with Gasteiger partial charge in [-0.1, -0.05) is 18.2 Å². The fraction of sp³-hybridized carbons (Fsp3) is 0.533. The molecule has 0 saturated carbocycles. The fourth-order valence-corrected chi connectivity index (χ4v) is 2.68. The van der Waals surface area contributed by atoms with Crippen molar-refractivity contribution < 1.29 is 9.90 Å². The molecule has 4 heteroatoms. The summed E-state index contributed by atoms with van der Waals surface area (Å²) < 4.78 is 0. The molecule has 1 aliphatic rings. The van der Waals surface area contributed by atoms with Gasteiger partial charge in [-0.05, 0) is 38.4 Å². The lowest BCUT2D eigenvalue weighted by Gasteiger charge is -2.27. The van der Waals surface area contributed by atoms with Gasteiger partial charge in [0.25, 0.3) is 0 Å². The van der Waals surface area contributed by atoms with Crippen molar-refractivity contribution in [3.63, 3.8) is 0 Å². The Hall–Kier alpha value is -1.39. The van der Waals surface area contributed by atoms with Crippen LogP contribution < -0.4 is 4.90 Å². The molecule has 19 heavy (non-hydrogen) atoms. The maximum Gasteiger partial charge on any atom is 0.241 e. The summed E-state index contributed by atoms with van der Waals surface area (Å²) in [5.74, 6) is 0.106. The van der Waals surface area contributed by atoms with Crippen LogP contribution in [0.1, 0.15) is 19.8 Å². The third-order valence-electron chi connectivity index (χ3n) is 3.73. The Kier molecular flexibility index (Phi) is 4.93. The van der Waals surface area contributed by atoms with Crippen LogP contribution in [0.15, 0.2) is 30.3 Å². The molecular formula is C15H22N2O2. The Labute approximate surface area is 114 Å². The quantitative estimate of drug-likeness (QED) is 0.874. The van der Waals surface area contributed by atoms with E-state index in [1.807, 2.05) is 37.3 Å². The van der Waals surface area contributed by atoms with Crippen molar-refractivity contribution in [2.45, 2.75) is 25.8 Å². The first-order valence-electron chi connectivity index (χ1n) is 6.96. The van der Waals surface area contributed by atoms with E-state index < -0.39 is 0 Å². The van der Waals surface area contributed by atoms with E-state index in [9.17, 15) is 9.90 Å². The summed E-state index contributed by atoms with van der Waals surface area (Å²) in [4.78, 5) is 16.3. The fourth-order valence-electron chi connectivity index (χ4n) is 2.68. The van der Waals surface area contributed by atoms with Crippen molar-refractivity contribution in [3.05, 3.63) is 30.3 Å². The van der Waals surface area contributed by atoms with Gasteiger partial charge in [0.05, 0.1) is 13.2 Å². The zero-order valence-corrected chi connectivity index (χ0v) is 11.5. The van der Waals surface area contributed by atoms with Gasteiger partial charge in [-0.15, -0.1) is 0 Å². The topological polar surface area (TPSA) is 43.8 Å². The van der Waals surface area contributed by atoms with E-state index in [4.69, 9.17) is 0 Å². The zero-order valence-electron chi connectivity index (χ0n) is 11.5. The predicted octanol–water partition coefficient (Wildman–Crippen LogP) is 1.50. The minimum Gasteiger partial charge on any atom is -0.395 e. The lowest BCUT2D eigenvalue weighted by molar-refractivity contribution is -0.120. The van der Waals surface area contributed by atoms with E-state index >= 15 is 0 Å². The van der Waals surface area contributed by atoms with Crippen molar-refractivity contribution in [3.8, 4) is 0 Å². The number of hydrogen-bond donors (Lipinski definition) is 1. The third-order valence-corrected chi connectivity index (χ3v) is 3.73. The molecule has 0 spiro atoms. The van der Waals surface area contributed by atoms with Gasteiger partial charge in [-0.25, -0.2) is 0 Å². The molecule has 1 unspecified atom stereocenters. The number of benzene rings is 1. The SMILES string of the molecule is CCN(C(=O)CN1CCCC1CO)c1ccccc1. The van der Waals surface area contributed by atoms with Gasteiger partial charge in [0.1, 0.15) is 0 Å². The number of hydrogen-bond acceptors (Lipinski definition) is 3. The van der Waals surface area contributed by atoms with Crippen LogP contribution >= 0.6 is 0 Å². The van der Waals surface area contributed by atoms with E-state index in [0.717, 1.165) is 25.1 Å². The first-order valence-corrected chi connectivity index (χ1v) is 6.96. The molecule has 0 aromatic heterocycles. The Morgan fingerprint density at radius 1 is 1.42 bits per heavy atom. The van der Waals surface area contributed by atoms with E-state index in [1.54, 1.807) is 4.90 Å². The molecule has 1 N–H and O–H groups in total.